The summed E-state index contributed by atoms with van der Waals surface area (Å²) in [6.45, 7) is 11.7. The van der Waals surface area contributed by atoms with Crippen LogP contribution >= 0.6 is 0 Å². The molecule has 0 saturated carbocycles. The van der Waals surface area contributed by atoms with Crippen LogP contribution in [0.3, 0.4) is 0 Å². The van der Waals surface area contributed by atoms with E-state index >= 15 is 0 Å². The van der Waals surface area contributed by atoms with E-state index in [9.17, 15) is 0 Å². The fraction of sp³-hybridized carbons (Fsp3) is 0.800. The van der Waals surface area contributed by atoms with Crippen LogP contribution in [0.5, 0.6) is 0 Å². The molecule has 2 rings (SSSR count). The summed E-state index contributed by atoms with van der Waals surface area (Å²) in [5.74, 6) is 0.713. The fourth-order valence-electron chi connectivity index (χ4n) is 3.73. The molecule has 3 unspecified atom stereocenters. The number of nitrogens with zero attached hydrogens (tertiary/aromatic N) is 1. The van der Waals surface area contributed by atoms with Gasteiger partial charge in [-0.05, 0) is 57.8 Å². The van der Waals surface area contributed by atoms with E-state index in [-0.39, 0.29) is 0 Å². The molecule has 1 aliphatic carbocycles. The normalized spacial score (nSPS) is 27.2. The van der Waals surface area contributed by atoms with Crippen LogP contribution in [0.4, 0.5) is 0 Å². The number of likely N-dealkylation sites (tertiary alicyclic amines) is 1. The van der Waals surface area contributed by atoms with Crippen LogP contribution < -0.4 is 0 Å². The van der Waals surface area contributed by atoms with Crippen LogP contribution in [-0.2, 0) is 4.74 Å². The van der Waals surface area contributed by atoms with Gasteiger partial charge in [-0.3, -0.25) is 4.90 Å². The average molecular weight is 306 g/mol. The summed E-state index contributed by atoms with van der Waals surface area (Å²) >= 11 is 0. The molecule has 2 heteroatoms. The van der Waals surface area contributed by atoms with Crippen molar-refractivity contribution in [2.75, 3.05) is 19.7 Å². The van der Waals surface area contributed by atoms with Gasteiger partial charge in [-0.2, -0.15) is 0 Å². The maximum Gasteiger partial charge on any atom is 0.0714 e. The molecular weight excluding hydrogens is 270 g/mol. The Bertz CT molecular complexity index is 363. The number of allylic oxidation sites excluding steroid dienone is 2. The smallest absolute Gasteiger partial charge is 0.0714 e. The standard InChI is InChI=1S/C20H35NO/c1-4-8-18(12-11-17(2)3)16-22-20-13-14-21(15-20)19-9-6-5-7-10-19/h6,9,18-20H,2,4-5,7-8,10-16H2,1,3H3. The first-order valence-corrected chi connectivity index (χ1v) is 9.35. The quantitative estimate of drug-likeness (QED) is 0.558. The highest BCUT2D eigenvalue weighted by molar-refractivity contribution is 5.00. The van der Waals surface area contributed by atoms with E-state index in [0.29, 0.717) is 18.1 Å². The molecule has 1 fully saturated rings. The van der Waals surface area contributed by atoms with Gasteiger partial charge in [0.1, 0.15) is 0 Å². The molecule has 0 amide bonds. The van der Waals surface area contributed by atoms with Gasteiger partial charge in [-0.25, -0.2) is 0 Å². The van der Waals surface area contributed by atoms with Gasteiger partial charge in [0, 0.05) is 25.7 Å². The maximum atomic E-state index is 6.28. The lowest BCUT2D eigenvalue weighted by atomic mass is 9.97. The zero-order valence-corrected chi connectivity index (χ0v) is 14.7. The molecule has 2 aliphatic rings. The third-order valence-electron chi connectivity index (χ3n) is 5.12. The summed E-state index contributed by atoms with van der Waals surface area (Å²) < 4.78 is 6.28. The lowest BCUT2D eigenvalue weighted by Crippen LogP contribution is -2.34. The van der Waals surface area contributed by atoms with E-state index in [1.807, 2.05) is 0 Å². The molecule has 0 aromatic carbocycles. The van der Waals surface area contributed by atoms with Gasteiger partial charge in [-0.1, -0.05) is 31.1 Å². The van der Waals surface area contributed by atoms with Crippen molar-refractivity contribution >= 4 is 0 Å². The Kier molecular flexibility index (Phi) is 7.68. The molecule has 0 aromatic heterocycles. The van der Waals surface area contributed by atoms with E-state index in [1.54, 1.807) is 0 Å². The van der Waals surface area contributed by atoms with Gasteiger partial charge < -0.3 is 4.74 Å². The topological polar surface area (TPSA) is 12.5 Å². The van der Waals surface area contributed by atoms with Crippen molar-refractivity contribution in [3.05, 3.63) is 24.3 Å². The third-order valence-corrected chi connectivity index (χ3v) is 5.12. The second kappa shape index (κ2) is 9.52. The molecule has 1 saturated heterocycles. The Labute approximate surface area is 137 Å². The fourth-order valence-corrected chi connectivity index (χ4v) is 3.73. The van der Waals surface area contributed by atoms with Crippen molar-refractivity contribution in [3.63, 3.8) is 0 Å². The minimum Gasteiger partial charge on any atom is -0.377 e. The molecule has 1 aliphatic heterocycles. The predicted molar refractivity (Wildman–Crippen MR) is 95.2 cm³/mol. The van der Waals surface area contributed by atoms with E-state index in [2.05, 4.69) is 37.5 Å². The zero-order chi connectivity index (χ0) is 15.8. The van der Waals surface area contributed by atoms with Crippen molar-refractivity contribution in [3.8, 4) is 0 Å². The van der Waals surface area contributed by atoms with E-state index in [4.69, 9.17) is 4.74 Å². The second-order valence-electron chi connectivity index (χ2n) is 7.32. The van der Waals surface area contributed by atoms with Crippen molar-refractivity contribution < 1.29 is 4.74 Å². The van der Waals surface area contributed by atoms with Crippen LogP contribution in [-0.4, -0.2) is 36.7 Å². The van der Waals surface area contributed by atoms with Gasteiger partial charge >= 0.3 is 0 Å². The molecule has 2 nitrogen and oxygen atoms in total. The van der Waals surface area contributed by atoms with Crippen molar-refractivity contribution in [2.24, 2.45) is 5.92 Å². The van der Waals surface area contributed by atoms with Crippen LogP contribution in [0.2, 0.25) is 0 Å². The molecule has 0 radical (unpaired) electrons. The van der Waals surface area contributed by atoms with E-state index < -0.39 is 0 Å². The summed E-state index contributed by atoms with van der Waals surface area (Å²) in [7, 11) is 0. The van der Waals surface area contributed by atoms with Crippen LogP contribution in [0.25, 0.3) is 0 Å². The van der Waals surface area contributed by atoms with E-state index in [1.165, 1.54) is 57.1 Å². The summed E-state index contributed by atoms with van der Waals surface area (Å²) in [6, 6.07) is 0.678. The lowest BCUT2D eigenvalue weighted by Gasteiger charge is -2.27. The molecule has 0 bridgehead atoms. The summed E-state index contributed by atoms with van der Waals surface area (Å²) in [5.41, 5.74) is 1.30. The minimum atomic E-state index is 0.458. The second-order valence-corrected chi connectivity index (χ2v) is 7.32. The summed E-state index contributed by atoms with van der Waals surface area (Å²) in [4.78, 5) is 2.63. The molecular formula is C20H35NO. The Morgan fingerprint density at radius 3 is 2.91 bits per heavy atom. The molecule has 0 N–H and O–H groups in total. The third kappa shape index (κ3) is 5.89. The Balaban J connectivity index is 1.70. The number of hydrogen-bond acceptors (Lipinski definition) is 2. The molecule has 0 aromatic rings. The molecule has 126 valence electrons. The highest BCUT2D eigenvalue weighted by Gasteiger charge is 2.28. The van der Waals surface area contributed by atoms with E-state index in [0.717, 1.165) is 19.6 Å². The molecule has 22 heavy (non-hydrogen) atoms. The SMILES string of the molecule is C=C(C)CCC(CCC)COC1CCN(C2C=CCCC2)C1. The number of ether oxygens (including phenoxy) is 1. The highest BCUT2D eigenvalue weighted by atomic mass is 16.5. The lowest BCUT2D eigenvalue weighted by molar-refractivity contribution is 0.0288. The van der Waals surface area contributed by atoms with Crippen LogP contribution in [0.15, 0.2) is 24.3 Å². The highest BCUT2D eigenvalue weighted by Crippen LogP contribution is 2.24. The number of rotatable bonds is 9. The van der Waals surface area contributed by atoms with Gasteiger partial charge in [-0.15, -0.1) is 6.58 Å². The first-order chi connectivity index (χ1) is 10.7. The van der Waals surface area contributed by atoms with Crippen molar-refractivity contribution in [1.82, 2.24) is 4.90 Å². The summed E-state index contributed by atoms with van der Waals surface area (Å²) in [5, 5.41) is 0. The predicted octanol–water partition coefficient (Wildman–Crippen LogP) is 4.96. The Morgan fingerprint density at radius 1 is 1.36 bits per heavy atom. The van der Waals surface area contributed by atoms with Gasteiger partial charge in [0.25, 0.3) is 0 Å². The molecule has 1 heterocycles. The largest absolute Gasteiger partial charge is 0.377 e. The van der Waals surface area contributed by atoms with Gasteiger partial charge in [0.2, 0.25) is 0 Å². The van der Waals surface area contributed by atoms with Crippen molar-refractivity contribution in [2.45, 2.75) is 77.4 Å². The van der Waals surface area contributed by atoms with Crippen LogP contribution in [0.1, 0.15) is 65.2 Å². The monoisotopic (exact) mass is 305 g/mol. The average Bonchev–Trinajstić information content (AvgIpc) is 3.00. The van der Waals surface area contributed by atoms with Gasteiger partial charge in [0.05, 0.1) is 6.10 Å². The summed E-state index contributed by atoms with van der Waals surface area (Å²) in [6.07, 6.45) is 15.3. The molecule has 3 atom stereocenters. The first kappa shape index (κ1) is 17.7. The number of hydrogen-bond donors (Lipinski definition) is 0. The van der Waals surface area contributed by atoms with Crippen LogP contribution in [0, 0.1) is 5.92 Å². The first-order valence-electron chi connectivity index (χ1n) is 9.35. The minimum absolute atomic E-state index is 0.458. The Hall–Kier alpha value is -0.600. The van der Waals surface area contributed by atoms with Gasteiger partial charge in [0.15, 0.2) is 0 Å². The van der Waals surface area contributed by atoms with Crippen molar-refractivity contribution in [1.29, 1.82) is 0 Å². The molecule has 0 spiro atoms. The Morgan fingerprint density at radius 2 is 2.23 bits per heavy atom. The zero-order valence-electron chi connectivity index (χ0n) is 14.7. The maximum absolute atomic E-state index is 6.28.